The Kier molecular flexibility index (Phi) is 6.36. The van der Waals surface area contributed by atoms with Crippen molar-refractivity contribution in [3.8, 4) is 18.1 Å². The van der Waals surface area contributed by atoms with Gasteiger partial charge in [0.15, 0.2) is 0 Å². The Balaban J connectivity index is 2.85. The zero-order valence-electron chi connectivity index (χ0n) is 11.8. The molecule has 0 N–H and O–H groups in total. The second-order valence-electron chi connectivity index (χ2n) is 4.76. The number of rotatable bonds is 7. The minimum atomic E-state index is 0.486. The number of ether oxygens (including phenoxy) is 1. The van der Waals surface area contributed by atoms with Gasteiger partial charge in [-0.2, -0.15) is 0 Å². The summed E-state index contributed by atoms with van der Waals surface area (Å²) >= 11 is 0. The molecule has 1 atom stereocenters. The van der Waals surface area contributed by atoms with Gasteiger partial charge in [0.2, 0.25) is 0 Å². The Morgan fingerprint density at radius 3 is 2.61 bits per heavy atom. The molecule has 0 saturated heterocycles. The molecule has 0 spiro atoms. The van der Waals surface area contributed by atoms with Gasteiger partial charge in [-0.15, -0.1) is 12.3 Å². The van der Waals surface area contributed by atoms with E-state index in [0.717, 1.165) is 31.6 Å². The maximum Gasteiger partial charge on any atom is 0.119 e. The molecule has 1 aromatic carbocycles. The van der Waals surface area contributed by atoms with E-state index in [1.807, 2.05) is 0 Å². The van der Waals surface area contributed by atoms with E-state index in [-0.39, 0.29) is 0 Å². The molecule has 1 heteroatoms. The Morgan fingerprint density at radius 1 is 1.28 bits per heavy atom. The highest BCUT2D eigenvalue weighted by Gasteiger charge is 2.12. The van der Waals surface area contributed by atoms with Crippen LogP contribution in [0.25, 0.3) is 0 Å². The van der Waals surface area contributed by atoms with Gasteiger partial charge in [0.1, 0.15) is 5.75 Å². The smallest absolute Gasteiger partial charge is 0.119 e. The average Bonchev–Trinajstić information content (AvgIpc) is 2.36. The van der Waals surface area contributed by atoms with E-state index in [1.54, 1.807) is 0 Å². The third kappa shape index (κ3) is 4.11. The molecule has 0 aliphatic heterocycles. The number of aryl methyl sites for hydroxylation is 1. The quantitative estimate of drug-likeness (QED) is 0.632. The van der Waals surface area contributed by atoms with Crippen molar-refractivity contribution < 1.29 is 4.74 Å². The van der Waals surface area contributed by atoms with Gasteiger partial charge in [-0.25, -0.2) is 0 Å². The largest absolute Gasteiger partial charge is 0.494 e. The van der Waals surface area contributed by atoms with Crippen LogP contribution in [0, 0.1) is 19.3 Å². The molecule has 1 unspecified atom stereocenters. The van der Waals surface area contributed by atoms with Gasteiger partial charge in [0.25, 0.3) is 0 Å². The number of terminal acetylenes is 1. The third-order valence-electron chi connectivity index (χ3n) is 3.16. The Labute approximate surface area is 112 Å². The van der Waals surface area contributed by atoms with Crippen LogP contribution in [0.5, 0.6) is 5.75 Å². The molecule has 0 radical (unpaired) electrons. The van der Waals surface area contributed by atoms with Crippen molar-refractivity contribution >= 4 is 0 Å². The maximum absolute atomic E-state index is 5.65. The molecule has 0 amide bonds. The normalized spacial score (nSPS) is 11.9. The predicted molar refractivity (Wildman–Crippen MR) is 78.1 cm³/mol. The maximum atomic E-state index is 5.65. The van der Waals surface area contributed by atoms with Crippen molar-refractivity contribution in [3.05, 3.63) is 29.3 Å². The third-order valence-corrected chi connectivity index (χ3v) is 3.16. The lowest BCUT2D eigenvalue weighted by Crippen LogP contribution is -2.02. The summed E-state index contributed by atoms with van der Waals surface area (Å²) in [5, 5.41) is 0. The molecular weight excluding hydrogens is 220 g/mol. The van der Waals surface area contributed by atoms with Crippen molar-refractivity contribution in [3.63, 3.8) is 0 Å². The molecule has 0 saturated carbocycles. The van der Waals surface area contributed by atoms with Gasteiger partial charge in [-0.3, -0.25) is 0 Å². The lowest BCUT2D eigenvalue weighted by atomic mass is 9.88. The molecule has 1 aromatic rings. The fourth-order valence-electron chi connectivity index (χ4n) is 2.27. The van der Waals surface area contributed by atoms with Crippen LogP contribution in [0.15, 0.2) is 18.2 Å². The monoisotopic (exact) mass is 244 g/mol. The topological polar surface area (TPSA) is 9.23 Å². The highest BCUT2D eigenvalue weighted by molar-refractivity contribution is 5.37. The fraction of sp³-hybridized carbons (Fsp3) is 0.529. The van der Waals surface area contributed by atoms with E-state index < -0.39 is 0 Å². The van der Waals surface area contributed by atoms with E-state index in [2.05, 4.69) is 44.9 Å². The first-order valence-electron chi connectivity index (χ1n) is 6.89. The van der Waals surface area contributed by atoms with Crippen LogP contribution in [0.2, 0.25) is 0 Å². The van der Waals surface area contributed by atoms with Gasteiger partial charge < -0.3 is 4.74 Å². The lowest BCUT2D eigenvalue weighted by Gasteiger charge is -2.17. The zero-order valence-corrected chi connectivity index (χ0v) is 11.8. The molecule has 0 fully saturated rings. The van der Waals surface area contributed by atoms with Crippen LogP contribution in [0.1, 0.15) is 56.6 Å². The molecule has 0 aromatic heterocycles. The fourth-order valence-corrected chi connectivity index (χ4v) is 2.27. The van der Waals surface area contributed by atoms with Crippen LogP contribution in [-0.2, 0) is 0 Å². The molecule has 0 heterocycles. The van der Waals surface area contributed by atoms with Gasteiger partial charge in [-0.05, 0) is 48.9 Å². The summed E-state index contributed by atoms with van der Waals surface area (Å²) in [5.74, 6) is 4.25. The molecule has 18 heavy (non-hydrogen) atoms. The van der Waals surface area contributed by atoms with E-state index in [1.165, 1.54) is 17.5 Å². The summed E-state index contributed by atoms with van der Waals surface area (Å²) in [5.41, 5.74) is 2.66. The van der Waals surface area contributed by atoms with E-state index in [4.69, 9.17) is 11.2 Å². The van der Waals surface area contributed by atoms with Crippen molar-refractivity contribution in [2.45, 2.75) is 52.4 Å². The SMILES string of the molecule is C#CCC(CCC)c1ccc(OCCC)cc1C. The number of hydrogen-bond acceptors (Lipinski definition) is 1. The van der Waals surface area contributed by atoms with Crippen LogP contribution in [0.3, 0.4) is 0 Å². The number of hydrogen-bond donors (Lipinski definition) is 0. The minimum Gasteiger partial charge on any atom is -0.494 e. The van der Waals surface area contributed by atoms with Gasteiger partial charge >= 0.3 is 0 Å². The molecule has 0 bridgehead atoms. The number of benzene rings is 1. The average molecular weight is 244 g/mol. The molecule has 98 valence electrons. The lowest BCUT2D eigenvalue weighted by molar-refractivity contribution is 0.317. The van der Waals surface area contributed by atoms with Crippen molar-refractivity contribution in [2.75, 3.05) is 6.61 Å². The summed E-state index contributed by atoms with van der Waals surface area (Å²) in [6.07, 6.45) is 9.65. The van der Waals surface area contributed by atoms with Crippen molar-refractivity contribution in [1.29, 1.82) is 0 Å². The van der Waals surface area contributed by atoms with Gasteiger partial charge in [-0.1, -0.05) is 26.3 Å². The van der Waals surface area contributed by atoms with Crippen LogP contribution < -0.4 is 4.74 Å². The highest BCUT2D eigenvalue weighted by Crippen LogP contribution is 2.29. The summed E-state index contributed by atoms with van der Waals surface area (Å²) in [7, 11) is 0. The first kappa shape index (κ1) is 14.6. The zero-order chi connectivity index (χ0) is 13.4. The first-order valence-corrected chi connectivity index (χ1v) is 6.89. The Bertz CT molecular complexity index is 401. The van der Waals surface area contributed by atoms with Gasteiger partial charge in [0, 0.05) is 6.42 Å². The summed E-state index contributed by atoms with van der Waals surface area (Å²) in [6, 6.07) is 6.37. The van der Waals surface area contributed by atoms with Crippen LogP contribution in [-0.4, -0.2) is 6.61 Å². The van der Waals surface area contributed by atoms with Crippen molar-refractivity contribution in [1.82, 2.24) is 0 Å². The molecule has 1 rings (SSSR count). The standard InChI is InChI=1S/C17H24O/c1-5-8-15(9-6-2)17-11-10-16(13-14(17)4)18-12-7-3/h1,10-11,13,15H,6-9,12H2,2-4H3. The van der Waals surface area contributed by atoms with E-state index in [9.17, 15) is 0 Å². The molecule has 1 nitrogen and oxygen atoms in total. The Hall–Kier alpha value is -1.42. The summed E-state index contributed by atoms with van der Waals surface area (Å²) in [6.45, 7) is 7.25. The summed E-state index contributed by atoms with van der Waals surface area (Å²) < 4.78 is 5.65. The van der Waals surface area contributed by atoms with E-state index in [0.29, 0.717) is 5.92 Å². The van der Waals surface area contributed by atoms with Crippen LogP contribution >= 0.6 is 0 Å². The molecular formula is C17H24O. The van der Waals surface area contributed by atoms with Crippen molar-refractivity contribution in [2.24, 2.45) is 0 Å². The summed E-state index contributed by atoms with van der Waals surface area (Å²) in [4.78, 5) is 0. The molecule has 0 aliphatic carbocycles. The predicted octanol–water partition coefficient (Wildman–Crippen LogP) is 4.69. The Morgan fingerprint density at radius 2 is 2.06 bits per heavy atom. The first-order chi connectivity index (χ1) is 8.72. The van der Waals surface area contributed by atoms with Crippen LogP contribution in [0.4, 0.5) is 0 Å². The minimum absolute atomic E-state index is 0.486. The van der Waals surface area contributed by atoms with Gasteiger partial charge in [0.05, 0.1) is 6.61 Å². The second-order valence-corrected chi connectivity index (χ2v) is 4.76. The highest BCUT2D eigenvalue weighted by atomic mass is 16.5. The molecule has 0 aliphatic rings. The second kappa shape index (κ2) is 7.82. The van der Waals surface area contributed by atoms with E-state index >= 15 is 0 Å².